The molecule has 0 aliphatic carbocycles. The first-order chi connectivity index (χ1) is 25.9. The Hall–Kier alpha value is -5.61. The first-order valence-corrected chi connectivity index (χ1v) is 17.5. The second kappa shape index (κ2) is 19.6. The first-order valence-electron chi connectivity index (χ1n) is 17.5. The second-order valence-electron chi connectivity index (χ2n) is 13.2. The molecule has 3 rings (SSSR count). The molecule has 1 aliphatic rings. The maximum Gasteiger partial charge on any atom is 0.338 e. The summed E-state index contributed by atoms with van der Waals surface area (Å²) in [7, 11) is 1.14. The number of aryl methyl sites for hydroxylation is 2. The SMILES string of the molecule is COC(=O)[C@@]1(C/C=C/c2cccc(CN)c2)C[C@H](OC(C)=O)[C@@H](NC(C)=O)[C@H]([C@H](OC(C)=O)[C@@H](CNC(=O)c2cc(C)c(OC(C)=O)c(C)c2)OC(C)=O)O1. The average molecular weight is 768 g/mol. The largest absolute Gasteiger partial charge is 0.467 e. The van der Waals surface area contributed by atoms with E-state index in [4.69, 9.17) is 34.2 Å². The second-order valence-corrected chi connectivity index (χ2v) is 13.2. The zero-order valence-electron chi connectivity index (χ0n) is 32.2. The van der Waals surface area contributed by atoms with Gasteiger partial charge in [-0.2, -0.15) is 0 Å². The van der Waals surface area contributed by atoms with Crippen molar-refractivity contribution in [3.8, 4) is 5.75 Å². The van der Waals surface area contributed by atoms with Gasteiger partial charge in [0.1, 0.15) is 18.0 Å². The molecular weight excluding hydrogens is 718 g/mol. The van der Waals surface area contributed by atoms with Crippen LogP contribution >= 0.6 is 0 Å². The van der Waals surface area contributed by atoms with Crippen LogP contribution in [0.3, 0.4) is 0 Å². The van der Waals surface area contributed by atoms with Gasteiger partial charge in [0.15, 0.2) is 17.8 Å². The number of nitrogens with two attached hydrogens (primary N) is 1. The highest BCUT2D eigenvalue weighted by Crippen LogP contribution is 2.38. The van der Waals surface area contributed by atoms with Crippen molar-refractivity contribution in [1.82, 2.24) is 10.6 Å². The summed E-state index contributed by atoms with van der Waals surface area (Å²) in [5.74, 6) is -4.80. The molecule has 16 heteroatoms. The highest BCUT2D eigenvalue weighted by atomic mass is 16.6. The van der Waals surface area contributed by atoms with E-state index in [1.165, 1.54) is 26.0 Å². The van der Waals surface area contributed by atoms with Gasteiger partial charge in [-0.25, -0.2) is 4.79 Å². The minimum Gasteiger partial charge on any atom is -0.467 e. The normalized spacial score (nSPS) is 20.3. The van der Waals surface area contributed by atoms with Crippen molar-refractivity contribution in [3.63, 3.8) is 0 Å². The fourth-order valence-corrected chi connectivity index (χ4v) is 6.46. The minimum absolute atomic E-state index is 0.155. The van der Waals surface area contributed by atoms with Gasteiger partial charge in [0.2, 0.25) is 5.91 Å². The van der Waals surface area contributed by atoms with Gasteiger partial charge < -0.3 is 44.8 Å². The molecule has 1 aliphatic heterocycles. The van der Waals surface area contributed by atoms with Gasteiger partial charge in [0.25, 0.3) is 5.91 Å². The van der Waals surface area contributed by atoms with Crippen LogP contribution in [0.1, 0.15) is 80.1 Å². The quantitative estimate of drug-likeness (QED) is 0.135. The summed E-state index contributed by atoms with van der Waals surface area (Å²) in [6.45, 7) is 8.92. The van der Waals surface area contributed by atoms with E-state index in [9.17, 15) is 33.6 Å². The van der Waals surface area contributed by atoms with Crippen molar-refractivity contribution in [2.24, 2.45) is 5.73 Å². The summed E-state index contributed by atoms with van der Waals surface area (Å²) in [5.41, 5.74) is 6.69. The van der Waals surface area contributed by atoms with Gasteiger partial charge in [-0.15, -0.1) is 0 Å². The first kappa shape index (κ1) is 43.8. The lowest BCUT2D eigenvalue weighted by molar-refractivity contribution is -0.239. The van der Waals surface area contributed by atoms with Crippen molar-refractivity contribution in [2.75, 3.05) is 13.7 Å². The van der Waals surface area contributed by atoms with E-state index >= 15 is 0 Å². The maximum atomic E-state index is 13.7. The van der Waals surface area contributed by atoms with Crippen molar-refractivity contribution in [2.45, 2.75) is 104 Å². The molecule has 1 heterocycles. The number of hydrogen-bond donors (Lipinski definition) is 3. The summed E-state index contributed by atoms with van der Waals surface area (Å²) in [6, 6.07) is 9.07. The third-order valence-electron chi connectivity index (χ3n) is 8.58. The number of carbonyl (C=O) groups is 7. The molecule has 0 spiro atoms. The number of carbonyl (C=O) groups excluding carboxylic acids is 7. The number of hydrogen-bond acceptors (Lipinski definition) is 14. The van der Waals surface area contributed by atoms with Crippen molar-refractivity contribution in [1.29, 1.82) is 0 Å². The van der Waals surface area contributed by atoms with E-state index in [1.807, 2.05) is 24.3 Å². The third-order valence-corrected chi connectivity index (χ3v) is 8.58. The maximum absolute atomic E-state index is 13.7. The lowest BCUT2D eigenvalue weighted by Crippen LogP contribution is -2.68. The van der Waals surface area contributed by atoms with Crippen LogP contribution in [0.25, 0.3) is 6.08 Å². The molecule has 0 radical (unpaired) electrons. The Kier molecular flexibility index (Phi) is 15.6. The molecule has 0 aromatic heterocycles. The van der Waals surface area contributed by atoms with Crippen LogP contribution in [0, 0.1) is 13.8 Å². The van der Waals surface area contributed by atoms with E-state index in [1.54, 1.807) is 26.0 Å². The molecule has 55 heavy (non-hydrogen) atoms. The molecule has 2 aromatic carbocycles. The standard InChI is InChI=1S/C39H49N3O13/c1-21-15-30(16-22(2)34(21)53-26(6)46)37(48)41-20-32(52-25(5)45)35(54-27(7)47)36-33(42-23(3)43)31(51-24(4)44)18-39(55-36,38(49)50-8)14-10-13-28-11-9-12-29(17-28)19-40/h9-13,15-17,31-33,35-36H,14,18-20,40H2,1-8H3,(H,41,48)(H,42,43)/b13-10+/t31-,32+,33+,35+,36+,39+/m0/s1. The highest BCUT2D eigenvalue weighted by molar-refractivity contribution is 5.95. The molecule has 6 atom stereocenters. The number of nitrogens with one attached hydrogen (secondary N) is 2. The van der Waals surface area contributed by atoms with E-state index in [0.29, 0.717) is 23.4 Å². The number of ether oxygens (including phenoxy) is 6. The van der Waals surface area contributed by atoms with E-state index in [2.05, 4.69) is 10.6 Å². The molecule has 4 N–H and O–H groups in total. The van der Waals surface area contributed by atoms with Crippen molar-refractivity contribution < 1.29 is 62.0 Å². The van der Waals surface area contributed by atoms with E-state index in [0.717, 1.165) is 39.0 Å². The Balaban J connectivity index is 2.13. The van der Waals surface area contributed by atoms with Gasteiger partial charge in [0.05, 0.1) is 19.7 Å². The van der Waals surface area contributed by atoms with E-state index in [-0.39, 0.29) is 18.4 Å². The minimum atomic E-state index is -1.91. The summed E-state index contributed by atoms with van der Waals surface area (Å²) < 4.78 is 34.0. The molecule has 0 saturated carbocycles. The molecule has 0 unspecified atom stereocenters. The monoisotopic (exact) mass is 767 g/mol. The van der Waals surface area contributed by atoms with Crippen molar-refractivity contribution >= 4 is 47.7 Å². The smallest absolute Gasteiger partial charge is 0.338 e. The Bertz CT molecular complexity index is 1790. The Morgan fingerprint density at radius 3 is 2.13 bits per heavy atom. The summed E-state index contributed by atoms with van der Waals surface area (Å²) in [4.78, 5) is 89.2. The van der Waals surface area contributed by atoms with Crippen LogP contribution in [0.2, 0.25) is 0 Å². The lowest BCUT2D eigenvalue weighted by atomic mass is 9.81. The average Bonchev–Trinajstić information content (AvgIpc) is 3.10. The van der Waals surface area contributed by atoms with E-state index < -0.39 is 84.3 Å². The molecule has 2 amide bonds. The fourth-order valence-electron chi connectivity index (χ4n) is 6.46. The number of esters is 5. The van der Waals surface area contributed by atoms with Gasteiger partial charge in [-0.3, -0.25) is 28.8 Å². The molecule has 298 valence electrons. The molecule has 2 aromatic rings. The molecule has 1 saturated heterocycles. The Morgan fingerprint density at radius 2 is 1.58 bits per heavy atom. The Labute approximate surface area is 319 Å². The number of rotatable bonds is 15. The Morgan fingerprint density at radius 1 is 0.927 bits per heavy atom. The van der Waals surface area contributed by atoms with Gasteiger partial charge >= 0.3 is 29.8 Å². The summed E-state index contributed by atoms with van der Waals surface area (Å²) >= 11 is 0. The number of benzene rings is 2. The van der Waals surface area contributed by atoms with Crippen molar-refractivity contribution in [3.05, 3.63) is 70.3 Å². The number of amides is 2. The zero-order chi connectivity index (χ0) is 41.0. The van der Waals surface area contributed by atoms with Crippen LogP contribution in [0.4, 0.5) is 0 Å². The van der Waals surface area contributed by atoms with Gasteiger partial charge in [-0.1, -0.05) is 36.4 Å². The predicted molar refractivity (Wildman–Crippen MR) is 196 cm³/mol. The molecule has 1 fully saturated rings. The molecule has 0 bridgehead atoms. The summed E-state index contributed by atoms with van der Waals surface area (Å²) in [6.07, 6.45) is -3.01. The fraction of sp³-hybridized carbons (Fsp3) is 0.462. The van der Waals surface area contributed by atoms with Crippen LogP contribution in [0.5, 0.6) is 5.75 Å². The lowest BCUT2D eigenvalue weighted by Gasteiger charge is -2.49. The predicted octanol–water partition coefficient (Wildman–Crippen LogP) is 2.52. The molecule has 16 nitrogen and oxygen atoms in total. The van der Waals surface area contributed by atoms with Crippen LogP contribution in [0.15, 0.2) is 42.5 Å². The van der Waals surface area contributed by atoms with Gasteiger partial charge in [-0.05, 0) is 48.2 Å². The third kappa shape index (κ3) is 12.2. The number of methoxy groups -OCH3 is 1. The topological polar surface area (TPSA) is 225 Å². The van der Waals surface area contributed by atoms with Crippen LogP contribution in [-0.2, 0) is 59.0 Å². The van der Waals surface area contributed by atoms with Crippen LogP contribution in [-0.4, -0.2) is 91.4 Å². The highest BCUT2D eigenvalue weighted by Gasteiger charge is 2.57. The van der Waals surface area contributed by atoms with Gasteiger partial charge in [0, 0.05) is 59.6 Å². The van der Waals surface area contributed by atoms with Crippen LogP contribution < -0.4 is 21.1 Å². The zero-order valence-corrected chi connectivity index (χ0v) is 32.2. The summed E-state index contributed by atoms with van der Waals surface area (Å²) in [5, 5.41) is 5.35. The molecular formula is C39H49N3O13.